The summed E-state index contributed by atoms with van der Waals surface area (Å²) in [7, 11) is 0. The van der Waals surface area contributed by atoms with Gasteiger partial charge in [-0.1, -0.05) is 177 Å². The third-order valence-electron chi connectivity index (χ3n) is 11.5. The molecule has 1 aliphatic carbocycles. The predicted molar refractivity (Wildman–Crippen MR) is 231 cm³/mol. The van der Waals surface area contributed by atoms with E-state index in [-0.39, 0.29) is 33.0 Å². The molecule has 6 aromatic rings. The van der Waals surface area contributed by atoms with Crippen molar-refractivity contribution in [2.75, 3.05) is 0 Å². The zero-order valence-corrected chi connectivity index (χ0v) is 35.4. The number of fused-ring (bicyclic) bond motifs is 6. The van der Waals surface area contributed by atoms with Gasteiger partial charge in [-0.2, -0.15) is 0 Å². The van der Waals surface area contributed by atoms with Crippen LogP contribution in [0.3, 0.4) is 0 Å². The summed E-state index contributed by atoms with van der Waals surface area (Å²) in [6.07, 6.45) is 0. The normalized spacial score (nSPS) is 14.4. The van der Waals surface area contributed by atoms with E-state index in [0.717, 1.165) is 0 Å². The van der Waals surface area contributed by atoms with Crippen molar-refractivity contribution in [3.63, 3.8) is 0 Å². The van der Waals surface area contributed by atoms with Gasteiger partial charge in [-0.25, -0.2) is 0 Å². The molecule has 270 valence electrons. The van der Waals surface area contributed by atoms with Gasteiger partial charge >= 0.3 is 0 Å². The van der Waals surface area contributed by atoms with E-state index < -0.39 is 0 Å². The zero-order valence-electron chi connectivity index (χ0n) is 34.6. The van der Waals surface area contributed by atoms with E-state index in [9.17, 15) is 0 Å². The fourth-order valence-corrected chi connectivity index (χ4v) is 9.52. The van der Waals surface area contributed by atoms with Crippen LogP contribution >= 0.6 is 11.3 Å². The Kier molecular flexibility index (Phi) is 8.40. The first-order valence-electron chi connectivity index (χ1n) is 19.4. The van der Waals surface area contributed by atoms with Crippen LogP contribution in [0.1, 0.15) is 154 Å². The Morgan fingerprint density at radius 3 is 1.31 bits per heavy atom. The second kappa shape index (κ2) is 11.9. The summed E-state index contributed by atoms with van der Waals surface area (Å²) >= 11 is 1.95. The molecule has 0 amide bonds. The standard InChI is InChI=1S/C51H60S/c1-47(2,3)31-19-21-36-39(28-31)40-29-32(48(4,5)6)20-22-37(40)43(36)38-23-24-42-45(46(38)51(13,14)15)44-35(17-16-18-41(44)52-42)30-25-33(49(7,8)9)27-34(26-30)50(10,11)12/h16-29,43H,1-15H3. The summed E-state index contributed by atoms with van der Waals surface area (Å²) in [5.41, 5.74) is 17.0. The van der Waals surface area contributed by atoms with Gasteiger partial charge in [-0.05, 0) is 106 Å². The van der Waals surface area contributed by atoms with Crippen LogP contribution < -0.4 is 0 Å². The first-order chi connectivity index (χ1) is 23.9. The molecule has 1 aromatic heterocycles. The molecule has 0 atom stereocenters. The number of rotatable bonds is 2. The summed E-state index contributed by atoms with van der Waals surface area (Å²) in [5, 5.41) is 2.84. The molecule has 0 N–H and O–H groups in total. The molecular formula is C51H60S. The van der Waals surface area contributed by atoms with Gasteiger partial charge in [0.05, 0.1) is 0 Å². The Morgan fingerprint density at radius 1 is 0.385 bits per heavy atom. The maximum absolute atomic E-state index is 2.50. The molecule has 1 aliphatic rings. The Labute approximate surface area is 318 Å². The van der Waals surface area contributed by atoms with Crippen molar-refractivity contribution >= 4 is 31.5 Å². The van der Waals surface area contributed by atoms with E-state index in [2.05, 4.69) is 189 Å². The molecule has 0 aliphatic heterocycles. The largest absolute Gasteiger partial charge is 0.135 e. The summed E-state index contributed by atoms with van der Waals surface area (Å²) in [5.74, 6) is 0.172. The van der Waals surface area contributed by atoms with Gasteiger partial charge in [0.25, 0.3) is 0 Å². The molecule has 52 heavy (non-hydrogen) atoms. The lowest BCUT2D eigenvalue weighted by Crippen LogP contribution is -2.17. The topological polar surface area (TPSA) is 0 Å². The van der Waals surface area contributed by atoms with Crippen LogP contribution in [0.5, 0.6) is 0 Å². The molecule has 7 rings (SSSR count). The van der Waals surface area contributed by atoms with Gasteiger partial charge in [0.1, 0.15) is 0 Å². The summed E-state index contributed by atoms with van der Waals surface area (Å²) in [6, 6.07) is 34.0. The maximum Gasteiger partial charge on any atom is 0.0361 e. The molecular weight excluding hydrogens is 645 g/mol. The van der Waals surface area contributed by atoms with Crippen LogP contribution in [0.15, 0.2) is 84.9 Å². The Bertz CT molecular complexity index is 2260. The third-order valence-corrected chi connectivity index (χ3v) is 12.6. The molecule has 0 bridgehead atoms. The van der Waals surface area contributed by atoms with Crippen LogP contribution in [0, 0.1) is 0 Å². The average molecular weight is 705 g/mol. The van der Waals surface area contributed by atoms with Gasteiger partial charge in [0, 0.05) is 26.1 Å². The van der Waals surface area contributed by atoms with Gasteiger partial charge in [0.15, 0.2) is 0 Å². The second-order valence-corrected chi connectivity index (χ2v) is 21.9. The maximum atomic E-state index is 2.50. The fraction of sp³-hybridized carbons (Fsp3) is 0.412. The SMILES string of the molecule is CC(C)(C)c1cc(-c2cccc3sc4ccc(C5c6ccc(C(C)(C)C)cc6-c6cc(C(C)(C)C)ccc65)c(C(C)(C)C)c4c23)cc(C(C)(C)C)c1. The van der Waals surface area contributed by atoms with Crippen molar-refractivity contribution < 1.29 is 0 Å². The smallest absolute Gasteiger partial charge is 0.0361 e. The van der Waals surface area contributed by atoms with Gasteiger partial charge < -0.3 is 0 Å². The minimum atomic E-state index is -0.0839. The van der Waals surface area contributed by atoms with Gasteiger partial charge in [-0.3, -0.25) is 0 Å². The van der Waals surface area contributed by atoms with E-state index in [1.807, 2.05) is 11.3 Å². The van der Waals surface area contributed by atoms with Gasteiger partial charge in [-0.15, -0.1) is 11.3 Å². The molecule has 0 saturated heterocycles. The van der Waals surface area contributed by atoms with E-state index in [1.54, 1.807) is 0 Å². The Balaban J connectivity index is 1.57. The zero-order chi connectivity index (χ0) is 37.9. The molecule has 0 spiro atoms. The molecule has 0 unspecified atom stereocenters. The minimum absolute atomic E-state index is 0.0489. The van der Waals surface area contributed by atoms with Crippen LogP contribution in [-0.4, -0.2) is 0 Å². The van der Waals surface area contributed by atoms with Gasteiger partial charge in [0.2, 0.25) is 0 Å². The monoisotopic (exact) mass is 704 g/mol. The van der Waals surface area contributed by atoms with Crippen LogP contribution in [-0.2, 0) is 27.1 Å². The average Bonchev–Trinajstić information content (AvgIpc) is 3.57. The molecule has 0 fully saturated rings. The van der Waals surface area contributed by atoms with Crippen molar-refractivity contribution in [1.82, 2.24) is 0 Å². The quantitative estimate of drug-likeness (QED) is 0.168. The van der Waals surface area contributed by atoms with Crippen molar-refractivity contribution in [2.24, 2.45) is 0 Å². The number of hydrogen-bond donors (Lipinski definition) is 0. The highest BCUT2D eigenvalue weighted by atomic mass is 32.1. The second-order valence-electron chi connectivity index (χ2n) is 20.8. The fourth-order valence-electron chi connectivity index (χ4n) is 8.38. The molecule has 1 heteroatoms. The molecule has 0 radical (unpaired) electrons. The van der Waals surface area contributed by atoms with E-state index >= 15 is 0 Å². The van der Waals surface area contributed by atoms with Crippen LogP contribution in [0.25, 0.3) is 42.4 Å². The first kappa shape index (κ1) is 36.7. The highest BCUT2D eigenvalue weighted by Gasteiger charge is 2.36. The highest BCUT2D eigenvalue weighted by Crippen LogP contribution is 2.54. The third kappa shape index (κ3) is 6.26. The number of thiophene rings is 1. The van der Waals surface area contributed by atoms with Crippen molar-refractivity contribution in [3.05, 3.63) is 129 Å². The van der Waals surface area contributed by atoms with Crippen LogP contribution in [0.4, 0.5) is 0 Å². The lowest BCUT2D eigenvalue weighted by molar-refractivity contribution is 0.569. The van der Waals surface area contributed by atoms with E-state index in [4.69, 9.17) is 0 Å². The first-order valence-corrected chi connectivity index (χ1v) is 20.2. The number of benzene rings is 5. The minimum Gasteiger partial charge on any atom is -0.135 e. The number of hydrogen-bond acceptors (Lipinski definition) is 1. The highest BCUT2D eigenvalue weighted by molar-refractivity contribution is 7.26. The van der Waals surface area contributed by atoms with Crippen LogP contribution in [0.2, 0.25) is 0 Å². The predicted octanol–water partition coefficient (Wildman–Crippen LogP) is 15.4. The molecule has 5 aromatic carbocycles. The summed E-state index contributed by atoms with van der Waals surface area (Å²) < 4.78 is 2.74. The van der Waals surface area contributed by atoms with Crippen molar-refractivity contribution in [1.29, 1.82) is 0 Å². The summed E-state index contributed by atoms with van der Waals surface area (Å²) in [4.78, 5) is 0. The lowest BCUT2D eigenvalue weighted by atomic mass is 9.74. The summed E-state index contributed by atoms with van der Waals surface area (Å²) in [6.45, 7) is 35.3. The van der Waals surface area contributed by atoms with Crippen molar-refractivity contribution in [3.8, 4) is 22.3 Å². The Hall–Kier alpha value is -3.68. The van der Waals surface area contributed by atoms with E-state index in [0.29, 0.717) is 0 Å². The van der Waals surface area contributed by atoms with Crippen molar-refractivity contribution in [2.45, 2.75) is 137 Å². The molecule has 0 saturated carbocycles. The molecule has 1 heterocycles. The Morgan fingerprint density at radius 2 is 0.846 bits per heavy atom. The lowest BCUT2D eigenvalue weighted by Gasteiger charge is -2.29. The molecule has 0 nitrogen and oxygen atoms in total. The van der Waals surface area contributed by atoms with E-state index in [1.165, 1.54) is 86.9 Å².